The summed E-state index contributed by atoms with van der Waals surface area (Å²) < 4.78 is 43.7. The number of aliphatic hydroxyl groups excluding tert-OH is 2. The van der Waals surface area contributed by atoms with E-state index in [1.165, 1.54) is 26.8 Å². The van der Waals surface area contributed by atoms with E-state index in [1.807, 2.05) is 20.8 Å². The fourth-order valence-electron chi connectivity index (χ4n) is 10.6. The van der Waals surface area contributed by atoms with Gasteiger partial charge in [-0.1, -0.05) is 45.5 Å². The molecule has 15 heteroatoms. The lowest BCUT2D eigenvalue weighted by Gasteiger charge is -2.67. The van der Waals surface area contributed by atoms with Gasteiger partial charge in [-0.25, -0.2) is 14.4 Å². The molecule has 13 atom stereocenters. The van der Waals surface area contributed by atoms with E-state index in [4.69, 9.17) is 33.2 Å². The molecule has 4 N–H and O–H groups in total. The first-order valence-corrected chi connectivity index (χ1v) is 20.4. The number of ether oxygens (including phenoxy) is 7. The van der Waals surface area contributed by atoms with Gasteiger partial charge in [0.25, 0.3) is 0 Å². The highest BCUT2D eigenvalue weighted by Gasteiger charge is 2.80. The molecule has 15 nitrogen and oxygen atoms in total. The molecule has 6 rings (SSSR count). The molecular weight excluding hydrogens is 766 g/mol. The molecule has 1 aromatic rings. The molecule has 3 aliphatic carbocycles. The largest absolute Gasteiger partial charge is 0.457 e. The topological polar surface area (TPSA) is 206 Å². The summed E-state index contributed by atoms with van der Waals surface area (Å²) in [5, 5.41) is 39.7. The Morgan fingerprint density at radius 2 is 1.71 bits per heavy atom. The van der Waals surface area contributed by atoms with E-state index in [2.05, 4.69) is 11.9 Å². The van der Waals surface area contributed by atoms with Gasteiger partial charge in [0, 0.05) is 25.2 Å². The molecule has 2 aliphatic heterocycles. The number of nitrogens with one attached hydrogen (secondary N) is 1. The third-order valence-electron chi connectivity index (χ3n) is 13.0. The van der Waals surface area contributed by atoms with Crippen LogP contribution in [-0.4, -0.2) is 118 Å². The minimum absolute atomic E-state index is 0.0654. The highest BCUT2D eigenvalue weighted by molar-refractivity contribution is 5.89. The Bertz CT molecular complexity index is 1830. The number of hydrogen-bond donors (Lipinski definition) is 4. The van der Waals surface area contributed by atoms with Gasteiger partial charge < -0.3 is 53.8 Å². The standard InChI is InChI=1S/C44H61NO14/c1-12-30-55-28-19-29-44(21-53-29,58-24(5)46)34-36(57-37(49)25-16-14-13-15-17-25)43(41(9,10)52)20-27(23(4)31(43)33(48)35(56-30)42(28,34)11)54-38(50)32(47)26(18-22(2)3)45-39(51)59-40(6,7)8/h12-17,22,26-30,32-36,47-48,52H,1,18-21H2,2-11H3,(H,45,51)/t26-,27-,28-,29+,30?,32+,33-,34-,35-,36-,42+,43-,44-/m0/s1. The average molecular weight is 828 g/mol. The highest BCUT2D eigenvalue weighted by Crippen LogP contribution is 2.69. The SMILES string of the molecule is C=CC1O[C@H]2C[C@H]3OC[C@@]3(OC(C)=O)[C@H]3[C@H](OC(=O)c4ccccc4)[C@]4(C(C)(C)O)C[C@H](OC(=O)[C@H](O)[C@H](CC(C)C)NC(=O)OC(C)(C)C)C(C)=C4[C@H](O)[C@H](O1)[C@]23C. The van der Waals surface area contributed by atoms with E-state index in [1.54, 1.807) is 58.0 Å². The first kappa shape index (κ1) is 44.7. The van der Waals surface area contributed by atoms with Gasteiger partial charge in [-0.3, -0.25) is 4.79 Å². The summed E-state index contributed by atoms with van der Waals surface area (Å²) in [5.41, 5.74) is -6.47. The van der Waals surface area contributed by atoms with E-state index in [-0.39, 0.29) is 42.9 Å². The average Bonchev–Trinajstić information content (AvgIpc) is 3.39. The van der Waals surface area contributed by atoms with Gasteiger partial charge in [0.05, 0.1) is 47.4 Å². The zero-order valence-corrected chi connectivity index (χ0v) is 35.7. The van der Waals surface area contributed by atoms with Crippen LogP contribution < -0.4 is 5.32 Å². The minimum Gasteiger partial charge on any atom is -0.457 e. The van der Waals surface area contributed by atoms with E-state index in [9.17, 15) is 34.5 Å². The van der Waals surface area contributed by atoms with Crippen molar-refractivity contribution in [3.8, 4) is 0 Å². The lowest BCUT2D eigenvalue weighted by molar-refractivity contribution is -0.392. The lowest BCUT2D eigenvalue weighted by atomic mass is 9.49. The van der Waals surface area contributed by atoms with E-state index < -0.39 is 113 Å². The van der Waals surface area contributed by atoms with Crippen LogP contribution in [0.1, 0.15) is 98.9 Å². The number of hydrogen-bond acceptors (Lipinski definition) is 14. The molecule has 2 saturated carbocycles. The van der Waals surface area contributed by atoms with Crippen LogP contribution in [0.4, 0.5) is 4.79 Å². The number of benzene rings is 1. The molecule has 0 aromatic heterocycles. The molecule has 1 aromatic carbocycles. The second-order valence-electron chi connectivity index (χ2n) is 18.9. The Labute approximate surface area is 345 Å². The van der Waals surface area contributed by atoms with E-state index in [0.717, 1.165) is 0 Å². The summed E-state index contributed by atoms with van der Waals surface area (Å²) in [5.74, 6) is -3.58. The summed E-state index contributed by atoms with van der Waals surface area (Å²) in [7, 11) is 0. The summed E-state index contributed by atoms with van der Waals surface area (Å²) in [6, 6.07) is 7.17. The normalized spacial score (nSPS) is 36.0. The number of fused-ring (bicyclic) bond motifs is 3. The van der Waals surface area contributed by atoms with E-state index >= 15 is 0 Å². The summed E-state index contributed by atoms with van der Waals surface area (Å²) in [4.78, 5) is 54.4. The summed E-state index contributed by atoms with van der Waals surface area (Å²) in [6.45, 7) is 20.4. The van der Waals surface area contributed by atoms with Crippen LogP contribution >= 0.6 is 0 Å². The summed E-state index contributed by atoms with van der Waals surface area (Å²) in [6.07, 6.45) is -8.77. The Morgan fingerprint density at radius 1 is 1.05 bits per heavy atom. The van der Waals surface area contributed by atoms with E-state index in [0.29, 0.717) is 5.57 Å². The van der Waals surface area contributed by atoms with Crippen molar-refractivity contribution < 1.29 is 67.7 Å². The van der Waals surface area contributed by atoms with Gasteiger partial charge in [-0.2, -0.15) is 0 Å². The number of aliphatic hydroxyl groups is 3. The molecule has 1 unspecified atom stereocenters. The third kappa shape index (κ3) is 7.71. The monoisotopic (exact) mass is 827 g/mol. The predicted molar refractivity (Wildman–Crippen MR) is 210 cm³/mol. The maximum atomic E-state index is 14.4. The van der Waals surface area contributed by atoms with Crippen molar-refractivity contribution in [1.82, 2.24) is 5.32 Å². The Hall–Kier alpha value is -3.86. The Balaban J connectivity index is 1.52. The first-order valence-electron chi connectivity index (χ1n) is 20.4. The number of esters is 3. The van der Waals surface area contributed by atoms with Crippen molar-refractivity contribution >= 4 is 24.0 Å². The van der Waals surface area contributed by atoms with Gasteiger partial charge >= 0.3 is 24.0 Å². The van der Waals surface area contributed by atoms with Crippen molar-refractivity contribution in [3.63, 3.8) is 0 Å². The highest BCUT2D eigenvalue weighted by atomic mass is 16.7. The molecule has 59 heavy (non-hydrogen) atoms. The molecule has 326 valence electrons. The second kappa shape index (κ2) is 15.9. The van der Waals surface area contributed by atoms with Crippen LogP contribution in [0.2, 0.25) is 0 Å². The number of carbonyl (C=O) groups is 4. The molecule has 2 heterocycles. The Morgan fingerprint density at radius 3 is 2.25 bits per heavy atom. The quantitative estimate of drug-likeness (QED) is 0.140. The molecule has 0 spiro atoms. The van der Waals surface area contributed by atoms with Gasteiger partial charge in [0.15, 0.2) is 18.0 Å². The van der Waals surface area contributed by atoms with Crippen LogP contribution in [0.25, 0.3) is 0 Å². The molecule has 1 amide bonds. The lowest BCUT2D eigenvalue weighted by Crippen LogP contribution is -2.80. The number of alkyl carbamates (subject to hydrolysis) is 1. The van der Waals surface area contributed by atoms with Gasteiger partial charge in [-0.15, -0.1) is 0 Å². The zero-order valence-electron chi connectivity index (χ0n) is 35.7. The van der Waals surface area contributed by atoms with Crippen LogP contribution in [-0.2, 0) is 42.7 Å². The van der Waals surface area contributed by atoms with Crippen molar-refractivity contribution in [2.45, 2.75) is 160 Å². The molecule has 0 radical (unpaired) electrons. The van der Waals surface area contributed by atoms with Crippen LogP contribution in [0.15, 0.2) is 54.1 Å². The van der Waals surface area contributed by atoms with Gasteiger partial charge in [0.2, 0.25) is 0 Å². The van der Waals surface area contributed by atoms with Crippen LogP contribution in [0, 0.1) is 22.7 Å². The van der Waals surface area contributed by atoms with Gasteiger partial charge in [0.1, 0.15) is 30.0 Å². The third-order valence-corrected chi connectivity index (χ3v) is 13.0. The van der Waals surface area contributed by atoms with Crippen molar-refractivity contribution in [2.75, 3.05) is 6.61 Å². The zero-order chi connectivity index (χ0) is 43.6. The smallest absolute Gasteiger partial charge is 0.407 e. The van der Waals surface area contributed by atoms with Crippen molar-refractivity contribution in [2.24, 2.45) is 22.7 Å². The van der Waals surface area contributed by atoms with Crippen molar-refractivity contribution in [3.05, 3.63) is 59.7 Å². The predicted octanol–water partition coefficient (Wildman–Crippen LogP) is 4.30. The Kier molecular flexibility index (Phi) is 12.0. The molecule has 4 fully saturated rings. The molecular formula is C44H61NO14. The maximum Gasteiger partial charge on any atom is 0.407 e. The first-order chi connectivity index (χ1) is 27.4. The molecule has 5 aliphatic rings. The van der Waals surface area contributed by atoms with Crippen LogP contribution in [0.5, 0.6) is 0 Å². The fourth-order valence-corrected chi connectivity index (χ4v) is 10.6. The number of amides is 1. The van der Waals surface area contributed by atoms with Gasteiger partial charge in [-0.05, 0) is 83.2 Å². The molecule has 0 bridgehead atoms. The van der Waals surface area contributed by atoms with Crippen molar-refractivity contribution in [1.29, 1.82) is 0 Å². The fraction of sp³-hybridized carbons (Fsp3) is 0.682. The molecule has 2 saturated heterocycles. The maximum absolute atomic E-state index is 14.4. The van der Waals surface area contributed by atoms with Crippen LogP contribution in [0.3, 0.4) is 0 Å². The number of carbonyl (C=O) groups excluding carboxylic acids is 4. The minimum atomic E-state index is -1.86. The second-order valence-corrected chi connectivity index (χ2v) is 18.9. The summed E-state index contributed by atoms with van der Waals surface area (Å²) >= 11 is 0. The number of rotatable bonds is 11.